The second-order valence-corrected chi connectivity index (χ2v) is 5.19. The van der Waals surface area contributed by atoms with Crippen molar-refractivity contribution in [2.45, 2.75) is 25.9 Å². The highest BCUT2D eigenvalue weighted by Crippen LogP contribution is 2.20. The van der Waals surface area contributed by atoms with Crippen LogP contribution in [0.15, 0.2) is 6.08 Å². The molecule has 1 aliphatic heterocycles. The number of nitrogens with zero attached hydrogens (tertiary/aromatic N) is 3. The topological polar surface area (TPSA) is 58.4 Å². The van der Waals surface area contributed by atoms with Crippen molar-refractivity contribution in [1.29, 1.82) is 0 Å². The molecular weight excluding hydrogens is 266 g/mol. The van der Waals surface area contributed by atoms with Gasteiger partial charge in [-0.25, -0.2) is 0 Å². The first-order valence-corrected chi connectivity index (χ1v) is 6.71. The third kappa shape index (κ3) is 3.16. The van der Waals surface area contributed by atoms with Gasteiger partial charge in [-0.2, -0.15) is 5.10 Å². The summed E-state index contributed by atoms with van der Waals surface area (Å²) in [6.07, 6.45) is 4.38. The fourth-order valence-electron chi connectivity index (χ4n) is 2.25. The fraction of sp³-hybridized carbons (Fsp3) is 0.538. The van der Waals surface area contributed by atoms with Crippen LogP contribution >= 0.6 is 11.6 Å². The van der Waals surface area contributed by atoms with Crippen LogP contribution in [-0.2, 0) is 11.8 Å². The zero-order valence-corrected chi connectivity index (χ0v) is 11.9. The van der Waals surface area contributed by atoms with Crippen LogP contribution in [0.2, 0.25) is 5.15 Å². The standard InChI is InChI=1S/C13H18ClN3O2/c1-9-11(13(14)16(2)15-9)5-6-12(19)17-7-3-4-10(18)8-17/h5-6,10,18H,3-4,7-8H2,1-2H3. The predicted octanol–water partition coefficient (Wildman–Crippen LogP) is 1.38. The molecule has 1 aliphatic rings. The summed E-state index contributed by atoms with van der Waals surface area (Å²) in [7, 11) is 1.76. The van der Waals surface area contributed by atoms with E-state index in [1.165, 1.54) is 6.08 Å². The van der Waals surface area contributed by atoms with E-state index in [1.807, 2.05) is 6.92 Å². The highest BCUT2D eigenvalue weighted by atomic mass is 35.5. The van der Waals surface area contributed by atoms with E-state index < -0.39 is 6.10 Å². The lowest BCUT2D eigenvalue weighted by atomic mass is 10.1. The molecule has 0 saturated carbocycles. The van der Waals surface area contributed by atoms with E-state index in [4.69, 9.17) is 11.6 Å². The molecule has 1 unspecified atom stereocenters. The first-order chi connectivity index (χ1) is 8.99. The summed E-state index contributed by atoms with van der Waals surface area (Å²) in [5.74, 6) is -0.0990. The van der Waals surface area contributed by atoms with Gasteiger partial charge in [0.15, 0.2) is 0 Å². The van der Waals surface area contributed by atoms with Crippen LogP contribution in [0.4, 0.5) is 0 Å². The molecule has 0 aliphatic carbocycles. The summed E-state index contributed by atoms with van der Waals surface area (Å²) in [5, 5.41) is 14.2. The summed E-state index contributed by atoms with van der Waals surface area (Å²) < 4.78 is 1.58. The van der Waals surface area contributed by atoms with Gasteiger partial charge in [-0.15, -0.1) is 0 Å². The Kier molecular flexibility index (Phi) is 4.27. The number of carbonyl (C=O) groups is 1. The fourth-order valence-corrected chi connectivity index (χ4v) is 2.49. The quantitative estimate of drug-likeness (QED) is 0.834. The van der Waals surface area contributed by atoms with Crippen molar-refractivity contribution in [2.24, 2.45) is 7.05 Å². The van der Waals surface area contributed by atoms with Crippen molar-refractivity contribution < 1.29 is 9.90 Å². The van der Waals surface area contributed by atoms with E-state index in [1.54, 1.807) is 22.7 Å². The number of aromatic nitrogens is 2. The molecule has 1 saturated heterocycles. The molecule has 0 aromatic carbocycles. The third-order valence-corrected chi connectivity index (χ3v) is 3.75. The number of β-amino-alcohol motifs (C(OH)–C–C–N with tert-alkyl or cyclic N) is 1. The van der Waals surface area contributed by atoms with Gasteiger partial charge in [0.25, 0.3) is 0 Å². The maximum absolute atomic E-state index is 12.0. The Morgan fingerprint density at radius 1 is 1.58 bits per heavy atom. The van der Waals surface area contributed by atoms with Gasteiger partial charge in [0.1, 0.15) is 5.15 Å². The Morgan fingerprint density at radius 3 is 2.89 bits per heavy atom. The number of rotatable bonds is 2. The molecule has 6 heteroatoms. The average molecular weight is 284 g/mol. The molecule has 1 fully saturated rings. The number of halogens is 1. The number of hydrogen-bond acceptors (Lipinski definition) is 3. The van der Waals surface area contributed by atoms with Gasteiger partial charge in [-0.3, -0.25) is 9.48 Å². The molecule has 0 bridgehead atoms. The Hall–Kier alpha value is -1.33. The van der Waals surface area contributed by atoms with Crippen LogP contribution in [0.5, 0.6) is 0 Å². The molecule has 1 N–H and O–H groups in total. The number of carbonyl (C=O) groups excluding carboxylic acids is 1. The lowest BCUT2D eigenvalue weighted by Gasteiger charge is -2.29. The van der Waals surface area contributed by atoms with Crippen LogP contribution in [0.3, 0.4) is 0 Å². The molecule has 104 valence electrons. The number of aryl methyl sites for hydroxylation is 2. The number of likely N-dealkylation sites (tertiary alicyclic amines) is 1. The van der Waals surface area contributed by atoms with E-state index in [2.05, 4.69) is 5.10 Å². The lowest BCUT2D eigenvalue weighted by Crippen LogP contribution is -2.41. The van der Waals surface area contributed by atoms with Crippen LogP contribution < -0.4 is 0 Å². The predicted molar refractivity (Wildman–Crippen MR) is 73.8 cm³/mol. The highest BCUT2D eigenvalue weighted by Gasteiger charge is 2.20. The highest BCUT2D eigenvalue weighted by molar-refractivity contribution is 6.31. The zero-order valence-electron chi connectivity index (χ0n) is 11.1. The minimum Gasteiger partial charge on any atom is -0.391 e. The first kappa shape index (κ1) is 14.1. The monoisotopic (exact) mass is 283 g/mol. The first-order valence-electron chi connectivity index (χ1n) is 6.33. The van der Waals surface area contributed by atoms with Gasteiger partial charge in [-0.05, 0) is 25.8 Å². The zero-order chi connectivity index (χ0) is 14.0. The molecular formula is C13H18ClN3O2. The van der Waals surface area contributed by atoms with Crippen molar-refractivity contribution in [2.75, 3.05) is 13.1 Å². The summed E-state index contributed by atoms with van der Waals surface area (Å²) in [6, 6.07) is 0. The molecule has 2 rings (SSSR count). The number of aliphatic hydroxyl groups is 1. The van der Waals surface area contributed by atoms with Crippen molar-refractivity contribution in [3.05, 3.63) is 22.5 Å². The van der Waals surface area contributed by atoms with E-state index in [9.17, 15) is 9.90 Å². The van der Waals surface area contributed by atoms with Gasteiger partial charge in [-0.1, -0.05) is 11.6 Å². The maximum atomic E-state index is 12.0. The van der Waals surface area contributed by atoms with Gasteiger partial charge >= 0.3 is 0 Å². The Balaban J connectivity index is 2.07. The second kappa shape index (κ2) is 5.75. The van der Waals surface area contributed by atoms with E-state index in [0.717, 1.165) is 24.1 Å². The molecule has 2 heterocycles. The van der Waals surface area contributed by atoms with E-state index in [0.29, 0.717) is 18.2 Å². The average Bonchev–Trinajstić information content (AvgIpc) is 2.61. The van der Waals surface area contributed by atoms with Crippen molar-refractivity contribution >= 4 is 23.6 Å². The van der Waals surface area contributed by atoms with Crippen LogP contribution in [0, 0.1) is 6.92 Å². The van der Waals surface area contributed by atoms with E-state index >= 15 is 0 Å². The summed E-state index contributed by atoms with van der Waals surface area (Å²) >= 11 is 6.09. The van der Waals surface area contributed by atoms with Gasteiger partial charge in [0, 0.05) is 31.8 Å². The second-order valence-electron chi connectivity index (χ2n) is 4.83. The lowest BCUT2D eigenvalue weighted by molar-refractivity contribution is -0.128. The van der Waals surface area contributed by atoms with Gasteiger partial charge < -0.3 is 10.0 Å². The maximum Gasteiger partial charge on any atom is 0.246 e. The van der Waals surface area contributed by atoms with Crippen molar-refractivity contribution in [3.8, 4) is 0 Å². The molecule has 19 heavy (non-hydrogen) atoms. The smallest absolute Gasteiger partial charge is 0.246 e. The minimum absolute atomic E-state index is 0.0990. The molecule has 1 amide bonds. The Bertz CT molecular complexity index is 510. The Morgan fingerprint density at radius 2 is 2.32 bits per heavy atom. The summed E-state index contributed by atoms with van der Waals surface area (Å²) in [5.41, 5.74) is 1.55. The number of piperidine rings is 1. The van der Waals surface area contributed by atoms with Crippen LogP contribution in [0.25, 0.3) is 6.08 Å². The molecule has 0 radical (unpaired) electrons. The minimum atomic E-state index is -0.408. The third-order valence-electron chi connectivity index (χ3n) is 3.30. The van der Waals surface area contributed by atoms with Gasteiger partial charge in [0.05, 0.1) is 11.8 Å². The SMILES string of the molecule is Cc1nn(C)c(Cl)c1C=CC(=O)N1CCCC(O)C1. The molecule has 1 aromatic heterocycles. The Labute approximate surface area is 117 Å². The van der Waals surface area contributed by atoms with Crippen molar-refractivity contribution in [1.82, 2.24) is 14.7 Å². The van der Waals surface area contributed by atoms with E-state index in [-0.39, 0.29) is 5.91 Å². The number of amides is 1. The molecule has 1 aromatic rings. The van der Waals surface area contributed by atoms with Gasteiger partial charge in [0.2, 0.25) is 5.91 Å². The normalized spacial score (nSPS) is 20.2. The van der Waals surface area contributed by atoms with Crippen LogP contribution in [-0.4, -0.2) is 44.9 Å². The molecule has 1 atom stereocenters. The molecule has 5 nitrogen and oxygen atoms in total. The largest absolute Gasteiger partial charge is 0.391 e. The number of aliphatic hydroxyl groups excluding tert-OH is 1. The summed E-state index contributed by atoms with van der Waals surface area (Å²) in [4.78, 5) is 13.7. The molecule has 0 spiro atoms. The van der Waals surface area contributed by atoms with Crippen molar-refractivity contribution in [3.63, 3.8) is 0 Å². The number of hydrogen-bond donors (Lipinski definition) is 1. The van der Waals surface area contributed by atoms with Crippen LogP contribution in [0.1, 0.15) is 24.1 Å². The summed E-state index contributed by atoms with van der Waals surface area (Å²) in [6.45, 7) is 2.95.